The van der Waals surface area contributed by atoms with E-state index in [0.717, 1.165) is 38.5 Å². The summed E-state index contributed by atoms with van der Waals surface area (Å²) in [6, 6.07) is -0.722. The number of carboxylic acid groups (broad SMARTS) is 1. The zero-order valence-corrected chi connectivity index (χ0v) is 39.0. The highest BCUT2D eigenvalue weighted by Gasteiger charge is 2.25. The highest BCUT2D eigenvalue weighted by molar-refractivity contribution is 5.70. The predicted molar refractivity (Wildman–Crippen MR) is 241 cm³/mol. The summed E-state index contributed by atoms with van der Waals surface area (Å²) in [6.07, 6.45) is 45.2. The van der Waals surface area contributed by atoms with Crippen molar-refractivity contribution in [2.75, 3.05) is 41.0 Å². The number of hydrogen-bond acceptors (Lipinski definition) is 7. The molecule has 0 saturated heterocycles. The SMILES string of the molecule is CCCCCCCCCCC/C=C/CCCCCCCCCC(=O)OC(COCCC(C(=O)[O-])[N+](C)(C)C)COC(=O)CCCCCCCCCCCCCCCC. The first-order valence-corrected chi connectivity index (χ1v) is 24.7. The van der Waals surface area contributed by atoms with Crippen LogP contribution in [0.15, 0.2) is 12.2 Å². The van der Waals surface area contributed by atoms with Crippen molar-refractivity contribution >= 4 is 17.9 Å². The number of quaternary nitrogens is 1. The highest BCUT2D eigenvalue weighted by Crippen LogP contribution is 2.16. The molecule has 8 heteroatoms. The number of aliphatic carboxylic acids is 1. The summed E-state index contributed by atoms with van der Waals surface area (Å²) in [5, 5.41) is 11.6. The van der Waals surface area contributed by atoms with E-state index in [2.05, 4.69) is 26.0 Å². The Kier molecular flexibility index (Phi) is 40.4. The number of esters is 2. The monoisotopic (exact) mass is 822 g/mol. The minimum Gasteiger partial charge on any atom is -0.544 e. The third kappa shape index (κ3) is 39.5. The van der Waals surface area contributed by atoms with Crippen molar-refractivity contribution in [1.29, 1.82) is 0 Å². The Bertz CT molecular complexity index is 962. The molecule has 0 N–H and O–H groups in total. The predicted octanol–water partition coefficient (Wildman–Crippen LogP) is 12.5. The number of carbonyl (C=O) groups is 3. The summed E-state index contributed by atoms with van der Waals surface area (Å²) in [5.74, 6) is -1.72. The molecule has 0 amide bonds. The minimum absolute atomic E-state index is 0.0449. The molecule has 0 spiro atoms. The van der Waals surface area contributed by atoms with Gasteiger partial charge in [0.25, 0.3) is 0 Å². The molecule has 58 heavy (non-hydrogen) atoms. The van der Waals surface area contributed by atoms with Crippen LogP contribution in [-0.4, -0.2) is 75.5 Å². The zero-order valence-electron chi connectivity index (χ0n) is 39.0. The molecule has 8 nitrogen and oxygen atoms in total. The molecule has 0 fully saturated rings. The Hall–Kier alpha value is -1.93. The van der Waals surface area contributed by atoms with E-state index in [0.29, 0.717) is 12.8 Å². The van der Waals surface area contributed by atoms with E-state index in [1.807, 2.05) is 0 Å². The van der Waals surface area contributed by atoms with Crippen LogP contribution < -0.4 is 5.11 Å². The maximum Gasteiger partial charge on any atom is 0.306 e. The molecule has 0 bridgehead atoms. The fourth-order valence-electron chi connectivity index (χ4n) is 7.54. The zero-order chi connectivity index (χ0) is 42.8. The van der Waals surface area contributed by atoms with Crippen LogP contribution in [0.5, 0.6) is 0 Å². The number of carbonyl (C=O) groups excluding carboxylic acids is 3. The van der Waals surface area contributed by atoms with Gasteiger partial charge in [-0.1, -0.05) is 193 Å². The summed E-state index contributed by atoms with van der Waals surface area (Å²) >= 11 is 0. The Morgan fingerprint density at radius 2 is 0.862 bits per heavy atom. The molecule has 0 aliphatic carbocycles. The van der Waals surface area contributed by atoms with Gasteiger partial charge in [-0.3, -0.25) is 9.59 Å². The highest BCUT2D eigenvalue weighted by atomic mass is 16.6. The Morgan fingerprint density at radius 3 is 1.24 bits per heavy atom. The van der Waals surface area contributed by atoms with Gasteiger partial charge in [0.2, 0.25) is 0 Å². The third-order valence-electron chi connectivity index (χ3n) is 11.4. The van der Waals surface area contributed by atoms with Crippen molar-refractivity contribution < 1.29 is 38.2 Å². The largest absolute Gasteiger partial charge is 0.544 e. The fourth-order valence-corrected chi connectivity index (χ4v) is 7.54. The van der Waals surface area contributed by atoms with E-state index in [9.17, 15) is 19.5 Å². The van der Waals surface area contributed by atoms with Crippen molar-refractivity contribution in [3.8, 4) is 0 Å². The summed E-state index contributed by atoms with van der Waals surface area (Å²) in [6.45, 7) is 4.70. The summed E-state index contributed by atoms with van der Waals surface area (Å²) in [7, 11) is 5.42. The van der Waals surface area contributed by atoms with E-state index in [1.54, 1.807) is 21.1 Å². The van der Waals surface area contributed by atoms with Gasteiger partial charge in [-0.25, -0.2) is 0 Å². The van der Waals surface area contributed by atoms with Crippen molar-refractivity contribution in [3.05, 3.63) is 12.2 Å². The Labute approximate surface area is 359 Å². The second-order valence-corrected chi connectivity index (χ2v) is 18.1. The van der Waals surface area contributed by atoms with Gasteiger partial charge in [0.1, 0.15) is 12.6 Å². The number of nitrogens with zero attached hydrogens (tertiary/aromatic N) is 1. The summed E-state index contributed by atoms with van der Waals surface area (Å²) in [4.78, 5) is 36.9. The van der Waals surface area contributed by atoms with Gasteiger partial charge in [-0.15, -0.1) is 0 Å². The van der Waals surface area contributed by atoms with Gasteiger partial charge in [-0.2, -0.15) is 0 Å². The molecule has 0 saturated carbocycles. The molecule has 0 aromatic carbocycles. The lowest BCUT2D eigenvalue weighted by atomic mass is 10.0. The van der Waals surface area contributed by atoms with Crippen LogP contribution in [0, 0.1) is 0 Å². The maximum absolute atomic E-state index is 12.8. The van der Waals surface area contributed by atoms with Crippen LogP contribution in [0.2, 0.25) is 0 Å². The van der Waals surface area contributed by atoms with Crippen LogP contribution in [-0.2, 0) is 28.6 Å². The smallest absolute Gasteiger partial charge is 0.306 e. The van der Waals surface area contributed by atoms with Gasteiger partial charge >= 0.3 is 11.9 Å². The van der Waals surface area contributed by atoms with Crippen LogP contribution in [0.25, 0.3) is 0 Å². The average molecular weight is 822 g/mol. The van der Waals surface area contributed by atoms with Crippen molar-refractivity contribution in [2.24, 2.45) is 0 Å². The molecular weight excluding hydrogens is 727 g/mol. The van der Waals surface area contributed by atoms with Gasteiger partial charge in [0.05, 0.1) is 40.3 Å². The molecule has 342 valence electrons. The normalized spacial score (nSPS) is 12.9. The number of ether oxygens (including phenoxy) is 3. The van der Waals surface area contributed by atoms with Crippen molar-refractivity contribution in [2.45, 2.75) is 251 Å². The molecule has 0 heterocycles. The molecule has 0 radical (unpaired) electrons. The first-order valence-electron chi connectivity index (χ1n) is 24.7. The lowest BCUT2D eigenvalue weighted by Gasteiger charge is -2.34. The first-order chi connectivity index (χ1) is 28.1. The van der Waals surface area contributed by atoms with Crippen molar-refractivity contribution in [3.63, 3.8) is 0 Å². The van der Waals surface area contributed by atoms with Gasteiger partial charge in [0.15, 0.2) is 6.10 Å². The Balaban J connectivity index is 4.24. The van der Waals surface area contributed by atoms with Crippen LogP contribution in [0.3, 0.4) is 0 Å². The molecular formula is C50H95NO7. The van der Waals surface area contributed by atoms with Gasteiger partial charge in [0, 0.05) is 19.3 Å². The summed E-state index contributed by atoms with van der Waals surface area (Å²) < 4.78 is 17.2. The van der Waals surface area contributed by atoms with E-state index >= 15 is 0 Å². The minimum atomic E-state index is -1.12. The maximum atomic E-state index is 12.8. The topological polar surface area (TPSA) is 102 Å². The first kappa shape index (κ1) is 56.1. The number of unbranched alkanes of at least 4 members (excludes halogenated alkanes) is 29. The van der Waals surface area contributed by atoms with Gasteiger partial charge in [-0.05, 0) is 38.5 Å². The standard InChI is InChI=1S/C50H95NO7/c1-6-8-10-12-14-16-18-20-22-23-24-25-26-27-29-31-33-35-37-39-41-49(53)58-46(44-56-43-42-47(50(54)55)51(3,4)5)45-57-48(52)40-38-36-34-32-30-28-21-19-17-15-13-11-9-7-2/h24-25,46-47H,6-23,26-45H2,1-5H3/b25-24+. The van der Waals surface area contributed by atoms with Crippen LogP contribution >= 0.6 is 0 Å². The average Bonchev–Trinajstić information content (AvgIpc) is 3.18. The molecule has 2 atom stereocenters. The number of carboxylic acids is 1. The number of hydrogen-bond donors (Lipinski definition) is 0. The van der Waals surface area contributed by atoms with E-state index in [-0.39, 0.29) is 42.7 Å². The molecule has 0 aromatic heterocycles. The molecule has 0 aliphatic rings. The number of likely N-dealkylation sites (N-methyl/N-ethyl adjacent to an activating group) is 1. The second-order valence-electron chi connectivity index (χ2n) is 18.1. The quantitative estimate of drug-likeness (QED) is 0.0261. The van der Waals surface area contributed by atoms with E-state index in [1.165, 1.54) is 167 Å². The fraction of sp³-hybridized carbons (Fsp3) is 0.900. The lowest BCUT2D eigenvalue weighted by Crippen LogP contribution is -2.55. The van der Waals surface area contributed by atoms with E-state index in [4.69, 9.17) is 14.2 Å². The Morgan fingerprint density at radius 1 is 0.500 bits per heavy atom. The van der Waals surface area contributed by atoms with E-state index < -0.39 is 18.1 Å². The number of allylic oxidation sites excluding steroid dienone is 2. The summed E-state index contributed by atoms with van der Waals surface area (Å²) in [5.41, 5.74) is 0. The lowest BCUT2D eigenvalue weighted by molar-refractivity contribution is -0.889. The van der Waals surface area contributed by atoms with Crippen LogP contribution in [0.4, 0.5) is 0 Å². The number of rotatable bonds is 45. The van der Waals surface area contributed by atoms with Crippen LogP contribution in [0.1, 0.15) is 239 Å². The van der Waals surface area contributed by atoms with Crippen molar-refractivity contribution in [1.82, 2.24) is 0 Å². The van der Waals surface area contributed by atoms with Gasteiger partial charge < -0.3 is 28.6 Å². The molecule has 0 aromatic rings. The molecule has 2 unspecified atom stereocenters. The molecule has 0 rings (SSSR count). The molecule has 0 aliphatic heterocycles. The third-order valence-corrected chi connectivity index (χ3v) is 11.4. The second kappa shape index (κ2) is 41.8.